The number of nitrogens with zero attached hydrogens (tertiary/aromatic N) is 1. The van der Waals surface area contributed by atoms with E-state index in [1.165, 1.54) is 0 Å². The van der Waals surface area contributed by atoms with Crippen LogP contribution in [0, 0.1) is 5.92 Å². The van der Waals surface area contributed by atoms with Crippen molar-refractivity contribution in [3.05, 3.63) is 35.4 Å². The van der Waals surface area contributed by atoms with Gasteiger partial charge in [0.1, 0.15) is 0 Å². The molecule has 0 unspecified atom stereocenters. The summed E-state index contributed by atoms with van der Waals surface area (Å²) in [5, 5.41) is 9.21. The molecule has 1 heterocycles. The second-order valence-corrected chi connectivity index (χ2v) is 7.08. The van der Waals surface area contributed by atoms with Gasteiger partial charge in [0.2, 0.25) is 5.91 Å². The van der Waals surface area contributed by atoms with Crippen LogP contribution in [-0.2, 0) is 11.2 Å². The summed E-state index contributed by atoms with van der Waals surface area (Å²) in [6, 6.07) is 6.87. The molecule has 25 heavy (non-hydrogen) atoms. The molecule has 1 aromatic rings. The molecule has 1 aromatic carbocycles. The fraction of sp³-hybridized carbons (Fsp3) is 0.529. The van der Waals surface area contributed by atoms with Crippen molar-refractivity contribution in [1.82, 2.24) is 4.90 Å². The van der Waals surface area contributed by atoms with Gasteiger partial charge in [-0.3, -0.25) is 4.79 Å². The number of hydrogen-bond acceptors (Lipinski definition) is 3. The molecule has 0 aliphatic carbocycles. The molecular formula is C17H20F3NO3S. The normalized spacial score (nSPS) is 16.0. The highest BCUT2D eigenvalue weighted by Crippen LogP contribution is 2.25. The van der Waals surface area contributed by atoms with E-state index < -0.39 is 17.9 Å². The van der Waals surface area contributed by atoms with Crippen molar-refractivity contribution in [2.45, 2.75) is 25.4 Å². The summed E-state index contributed by atoms with van der Waals surface area (Å²) in [7, 11) is 0. The van der Waals surface area contributed by atoms with Gasteiger partial charge in [-0.05, 0) is 36.8 Å². The van der Waals surface area contributed by atoms with Crippen LogP contribution in [0.2, 0.25) is 0 Å². The fourth-order valence-electron chi connectivity index (χ4n) is 2.95. The summed E-state index contributed by atoms with van der Waals surface area (Å²) in [4.78, 5) is 24.8. The van der Waals surface area contributed by atoms with Gasteiger partial charge in [0, 0.05) is 13.1 Å². The lowest BCUT2D eigenvalue weighted by Crippen LogP contribution is -2.40. The van der Waals surface area contributed by atoms with E-state index >= 15 is 0 Å². The minimum Gasteiger partial charge on any atom is -0.478 e. The van der Waals surface area contributed by atoms with Crippen LogP contribution < -0.4 is 0 Å². The van der Waals surface area contributed by atoms with E-state index in [9.17, 15) is 27.9 Å². The zero-order chi connectivity index (χ0) is 18.4. The molecule has 1 saturated heterocycles. The van der Waals surface area contributed by atoms with Crippen molar-refractivity contribution in [1.29, 1.82) is 0 Å². The third kappa shape index (κ3) is 6.26. The standard InChI is InChI=1S/C17H20F3NO3S/c18-17(19,20)11-25-10-15(22)21-7-5-12(6-8-21)9-13-3-1-2-4-14(13)16(23)24/h1-4,12H,5-11H2,(H,23,24). The van der Waals surface area contributed by atoms with Gasteiger partial charge >= 0.3 is 12.1 Å². The summed E-state index contributed by atoms with van der Waals surface area (Å²) < 4.78 is 36.3. The minimum absolute atomic E-state index is 0.161. The zero-order valence-corrected chi connectivity index (χ0v) is 14.4. The van der Waals surface area contributed by atoms with Crippen molar-refractivity contribution >= 4 is 23.6 Å². The average Bonchev–Trinajstić information content (AvgIpc) is 2.54. The van der Waals surface area contributed by atoms with Gasteiger partial charge in [-0.15, -0.1) is 11.8 Å². The number of alkyl halides is 3. The summed E-state index contributed by atoms with van der Waals surface area (Å²) in [5.74, 6) is -2.12. The molecule has 0 radical (unpaired) electrons. The molecule has 1 aliphatic heterocycles. The third-order valence-electron chi connectivity index (χ3n) is 4.21. The van der Waals surface area contributed by atoms with E-state index in [4.69, 9.17) is 0 Å². The van der Waals surface area contributed by atoms with Crippen molar-refractivity contribution in [2.24, 2.45) is 5.92 Å². The molecule has 0 saturated carbocycles. The minimum atomic E-state index is -4.25. The Hall–Kier alpha value is -1.70. The number of carboxylic acids is 1. The summed E-state index contributed by atoms with van der Waals surface area (Å²) in [5.41, 5.74) is 1.07. The fourth-order valence-corrected chi connectivity index (χ4v) is 3.64. The maximum atomic E-state index is 12.1. The Morgan fingerprint density at radius 1 is 1.20 bits per heavy atom. The second-order valence-electron chi connectivity index (χ2n) is 6.10. The van der Waals surface area contributed by atoms with Crippen molar-refractivity contribution in [2.75, 3.05) is 24.6 Å². The first kappa shape index (κ1) is 19.6. The number of benzene rings is 1. The Morgan fingerprint density at radius 3 is 2.44 bits per heavy atom. The summed E-state index contributed by atoms with van der Waals surface area (Å²) in [6.45, 7) is 1.01. The number of thioether (sulfide) groups is 1. The van der Waals surface area contributed by atoms with Crippen LogP contribution in [-0.4, -0.2) is 52.7 Å². The Balaban J connectivity index is 1.80. The lowest BCUT2D eigenvalue weighted by Gasteiger charge is -2.32. The average molecular weight is 375 g/mol. The lowest BCUT2D eigenvalue weighted by atomic mass is 9.88. The van der Waals surface area contributed by atoms with Crippen molar-refractivity contribution in [3.8, 4) is 0 Å². The van der Waals surface area contributed by atoms with Crippen LogP contribution in [0.15, 0.2) is 24.3 Å². The van der Waals surface area contributed by atoms with Gasteiger partial charge < -0.3 is 10.0 Å². The van der Waals surface area contributed by atoms with Crippen LogP contribution >= 0.6 is 11.8 Å². The number of carboxylic acid groups (broad SMARTS) is 1. The molecule has 0 aromatic heterocycles. The van der Waals surface area contributed by atoms with Crippen LogP contribution in [0.4, 0.5) is 13.2 Å². The monoisotopic (exact) mass is 375 g/mol. The zero-order valence-electron chi connectivity index (χ0n) is 13.6. The highest BCUT2D eigenvalue weighted by molar-refractivity contribution is 8.00. The Kier molecular flexibility index (Phi) is 6.75. The van der Waals surface area contributed by atoms with E-state index in [1.807, 2.05) is 0 Å². The highest BCUT2D eigenvalue weighted by atomic mass is 32.2. The lowest BCUT2D eigenvalue weighted by molar-refractivity contribution is -0.129. The van der Waals surface area contributed by atoms with Gasteiger partial charge in [0.05, 0.1) is 17.1 Å². The molecule has 138 valence electrons. The highest BCUT2D eigenvalue weighted by Gasteiger charge is 2.29. The Labute approximate surface area is 148 Å². The van der Waals surface area contributed by atoms with Crippen LogP contribution in [0.1, 0.15) is 28.8 Å². The molecular weight excluding hydrogens is 355 g/mol. The number of rotatable bonds is 6. The SMILES string of the molecule is O=C(O)c1ccccc1CC1CCN(C(=O)CSCC(F)(F)F)CC1. The van der Waals surface area contributed by atoms with E-state index in [1.54, 1.807) is 29.2 Å². The van der Waals surface area contributed by atoms with Gasteiger partial charge in [0.15, 0.2) is 0 Å². The van der Waals surface area contributed by atoms with Gasteiger partial charge in [-0.2, -0.15) is 13.2 Å². The van der Waals surface area contributed by atoms with E-state index in [0.717, 1.165) is 18.4 Å². The van der Waals surface area contributed by atoms with Crippen molar-refractivity contribution in [3.63, 3.8) is 0 Å². The number of hydrogen-bond donors (Lipinski definition) is 1. The summed E-state index contributed by atoms with van der Waals surface area (Å²) in [6.07, 6.45) is -2.17. The van der Waals surface area contributed by atoms with Gasteiger partial charge in [-0.1, -0.05) is 18.2 Å². The second kappa shape index (κ2) is 8.60. The number of piperidine rings is 1. The number of carbonyl (C=O) groups is 2. The Morgan fingerprint density at radius 2 is 1.84 bits per heavy atom. The van der Waals surface area contributed by atoms with Crippen molar-refractivity contribution < 1.29 is 27.9 Å². The first-order chi connectivity index (χ1) is 11.8. The Bertz CT molecular complexity index is 613. The molecule has 0 atom stereocenters. The largest absolute Gasteiger partial charge is 0.478 e. The molecule has 0 bridgehead atoms. The predicted octanol–water partition coefficient (Wildman–Crippen LogP) is 3.46. The topological polar surface area (TPSA) is 57.6 Å². The van der Waals surface area contributed by atoms with Crippen LogP contribution in [0.3, 0.4) is 0 Å². The summed E-state index contributed by atoms with van der Waals surface area (Å²) >= 11 is 0.589. The first-order valence-corrected chi connectivity index (χ1v) is 9.15. The maximum Gasteiger partial charge on any atom is 0.397 e. The number of likely N-dealkylation sites (tertiary alicyclic amines) is 1. The first-order valence-electron chi connectivity index (χ1n) is 7.99. The molecule has 8 heteroatoms. The van der Waals surface area contributed by atoms with Crippen LogP contribution in [0.5, 0.6) is 0 Å². The number of halogens is 3. The molecule has 0 spiro atoms. The molecule has 1 amide bonds. The van der Waals surface area contributed by atoms with E-state index in [-0.39, 0.29) is 17.6 Å². The molecule has 4 nitrogen and oxygen atoms in total. The quantitative estimate of drug-likeness (QED) is 0.827. The molecule has 1 fully saturated rings. The molecule has 2 rings (SSSR count). The van der Waals surface area contributed by atoms with E-state index in [0.29, 0.717) is 36.8 Å². The van der Waals surface area contributed by atoms with E-state index in [2.05, 4.69) is 0 Å². The maximum absolute atomic E-state index is 12.1. The third-order valence-corrected chi connectivity index (χ3v) is 5.20. The molecule has 1 N–H and O–H groups in total. The number of aromatic carboxylic acids is 1. The van der Waals surface area contributed by atoms with Gasteiger partial charge in [-0.25, -0.2) is 4.79 Å². The smallest absolute Gasteiger partial charge is 0.397 e. The number of amides is 1. The number of carbonyl (C=O) groups excluding carboxylic acids is 1. The van der Waals surface area contributed by atoms with Gasteiger partial charge in [0.25, 0.3) is 0 Å². The predicted molar refractivity (Wildman–Crippen MR) is 89.8 cm³/mol. The van der Waals surface area contributed by atoms with Crippen LogP contribution in [0.25, 0.3) is 0 Å². The molecule has 1 aliphatic rings.